The van der Waals surface area contributed by atoms with Crippen LogP contribution in [0.2, 0.25) is 0 Å². The first-order valence-corrected chi connectivity index (χ1v) is 5.44. The second-order valence-corrected chi connectivity index (χ2v) is 3.50. The number of carboxylic acids is 1. The minimum atomic E-state index is -0.833. The van der Waals surface area contributed by atoms with Gasteiger partial charge in [0.25, 0.3) is 5.97 Å². The van der Waals surface area contributed by atoms with Gasteiger partial charge in [-0.3, -0.25) is 24.0 Å². The van der Waals surface area contributed by atoms with E-state index in [0.29, 0.717) is 0 Å². The zero-order valence-electron chi connectivity index (χ0n) is 12.2. The zero-order valence-corrected chi connectivity index (χ0v) is 12.2. The molecule has 8 heteroatoms. The molecular weight excluding hydrogens is 272 g/mol. The van der Waals surface area contributed by atoms with Crippen molar-refractivity contribution in [2.75, 3.05) is 13.2 Å². The van der Waals surface area contributed by atoms with Gasteiger partial charge in [0.15, 0.2) is 11.6 Å². The summed E-state index contributed by atoms with van der Waals surface area (Å²) in [5.41, 5.74) is 0. The van der Waals surface area contributed by atoms with Gasteiger partial charge in [-0.2, -0.15) is 0 Å². The largest absolute Gasteiger partial charge is 0.481 e. The molecule has 0 aromatic carbocycles. The van der Waals surface area contributed by atoms with Crippen LogP contribution >= 0.6 is 0 Å². The Kier molecular flexibility index (Phi) is 17.2. The molecule has 0 radical (unpaired) electrons. The van der Waals surface area contributed by atoms with Gasteiger partial charge in [-0.1, -0.05) is 0 Å². The average Bonchev–Trinajstić information content (AvgIpc) is 2.13. The Hall–Kier alpha value is -2.09. The molecule has 0 aliphatic rings. The molecule has 8 nitrogen and oxygen atoms in total. The molecule has 0 unspecified atom stereocenters. The summed E-state index contributed by atoms with van der Waals surface area (Å²) in [5, 5.41) is 7.42. The van der Waals surface area contributed by atoms with E-state index in [1.165, 1.54) is 27.7 Å². The Morgan fingerprint density at radius 2 is 1.00 bits per heavy atom. The predicted molar refractivity (Wildman–Crippen MR) is 67.9 cm³/mol. The van der Waals surface area contributed by atoms with Crippen molar-refractivity contribution in [3.63, 3.8) is 0 Å². The number of aliphatic carboxylic acids is 1. The fourth-order valence-electron chi connectivity index (χ4n) is 0.541. The second kappa shape index (κ2) is 15.0. The fraction of sp³-hybridized carbons (Fsp3) is 0.583. The smallest absolute Gasteiger partial charge is 0.310 e. The molecule has 0 bridgehead atoms. The second-order valence-electron chi connectivity index (χ2n) is 3.50. The number of carbonyl (C=O) groups is 5. The first-order valence-electron chi connectivity index (χ1n) is 5.44. The quantitative estimate of drug-likeness (QED) is 0.582. The van der Waals surface area contributed by atoms with Gasteiger partial charge in [0.05, 0.1) is 0 Å². The van der Waals surface area contributed by atoms with E-state index in [1.54, 1.807) is 0 Å². The van der Waals surface area contributed by atoms with E-state index in [-0.39, 0.29) is 24.8 Å². The molecule has 0 rings (SSSR count). The first kappa shape index (κ1) is 23.0. The molecule has 0 amide bonds. The zero-order chi connectivity index (χ0) is 16.7. The van der Waals surface area contributed by atoms with E-state index >= 15 is 0 Å². The summed E-state index contributed by atoms with van der Waals surface area (Å²) in [6, 6.07) is 0. The lowest BCUT2D eigenvalue weighted by Gasteiger charge is -1.94. The van der Waals surface area contributed by atoms with Gasteiger partial charge in [0.1, 0.15) is 13.2 Å². The highest BCUT2D eigenvalue weighted by molar-refractivity contribution is 5.82. The molecule has 20 heavy (non-hydrogen) atoms. The Labute approximate surface area is 117 Å². The number of Topliss-reactive ketones (excluding diaryl/α,β-unsaturated/α-hetero) is 2. The lowest BCUT2D eigenvalue weighted by Crippen LogP contribution is -2.09. The Balaban J connectivity index is -0.000000234. The summed E-state index contributed by atoms with van der Waals surface area (Å²) in [7, 11) is 0. The van der Waals surface area contributed by atoms with Crippen LogP contribution in [0.3, 0.4) is 0 Å². The highest BCUT2D eigenvalue weighted by atomic mass is 16.6. The number of carbonyl (C=O) groups excluding carboxylic acids is 4. The van der Waals surface area contributed by atoms with Crippen molar-refractivity contribution < 1.29 is 38.6 Å². The molecule has 116 valence electrons. The summed E-state index contributed by atoms with van der Waals surface area (Å²) in [6.45, 7) is 6.36. The normalized spacial score (nSPS) is 8.05. The predicted octanol–water partition coefficient (Wildman–Crippen LogP) is 0.368. The lowest BCUT2D eigenvalue weighted by atomic mass is 10.4. The molecule has 0 saturated heterocycles. The van der Waals surface area contributed by atoms with Crippen LogP contribution in [0.5, 0.6) is 0 Å². The van der Waals surface area contributed by atoms with E-state index in [4.69, 9.17) is 9.90 Å². The number of ether oxygens (including phenoxy) is 2. The van der Waals surface area contributed by atoms with Crippen LogP contribution in [0, 0.1) is 0 Å². The summed E-state index contributed by atoms with van der Waals surface area (Å²) in [6.07, 6.45) is 0. The van der Waals surface area contributed by atoms with Crippen LogP contribution in [0.4, 0.5) is 0 Å². The van der Waals surface area contributed by atoms with E-state index in [2.05, 4.69) is 9.47 Å². The lowest BCUT2D eigenvalue weighted by molar-refractivity contribution is -0.156. The van der Waals surface area contributed by atoms with Crippen LogP contribution in [-0.2, 0) is 33.4 Å². The summed E-state index contributed by atoms with van der Waals surface area (Å²) >= 11 is 0. The van der Waals surface area contributed by atoms with E-state index in [9.17, 15) is 19.2 Å². The van der Waals surface area contributed by atoms with Crippen LogP contribution in [0.1, 0.15) is 34.6 Å². The molecule has 0 aliphatic carbocycles. The number of carboxylic acid groups (broad SMARTS) is 1. The SMILES string of the molecule is CC(=O)COCC(C)=O.CC(=O)O.CC(=O)OC(C)=O. The molecule has 0 heterocycles. The van der Waals surface area contributed by atoms with Crippen molar-refractivity contribution >= 4 is 29.5 Å². The Morgan fingerprint density at radius 1 is 0.750 bits per heavy atom. The molecule has 0 aromatic heterocycles. The molecule has 1 N–H and O–H groups in total. The maximum atomic E-state index is 10.2. The van der Waals surface area contributed by atoms with Crippen LogP contribution in [0.15, 0.2) is 0 Å². The number of esters is 2. The van der Waals surface area contributed by atoms with Crippen molar-refractivity contribution in [2.45, 2.75) is 34.6 Å². The van der Waals surface area contributed by atoms with Gasteiger partial charge in [0.2, 0.25) is 0 Å². The van der Waals surface area contributed by atoms with Crippen molar-refractivity contribution in [1.29, 1.82) is 0 Å². The van der Waals surface area contributed by atoms with Gasteiger partial charge in [-0.25, -0.2) is 0 Å². The van der Waals surface area contributed by atoms with Crippen LogP contribution in [-0.4, -0.2) is 47.8 Å². The van der Waals surface area contributed by atoms with Crippen LogP contribution < -0.4 is 0 Å². The Morgan fingerprint density at radius 3 is 1.10 bits per heavy atom. The summed E-state index contributed by atoms with van der Waals surface area (Å²) in [5.74, 6) is -2.08. The molecule has 0 saturated carbocycles. The highest BCUT2D eigenvalue weighted by Gasteiger charge is 1.94. The maximum absolute atomic E-state index is 10.2. The van der Waals surface area contributed by atoms with Gasteiger partial charge in [-0.15, -0.1) is 0 Å². The van der Waals surface area contributed by atoms with E-state index in [1.807, 2.05) is 0 Å². The van der Waals surface area contributed by atoms with E-state index in [0.717, 1.165) is 6.92 Å². The number of hydrogen-bond acceptors (Lipinski definition) is 7. The standard InChI is InChI=1S/C6H10O3.C4H6O3.C2H4O2/c1-5(7)3-9-4-6(2)8;1-3(5)7-4(2)6;1-2(3)4/h3-4H2,1-2H3;1-2H3;1H3,(H,3,4). The first-order chi connectivity index (χ1) is 8.98. The van der Waals surface area contributed by atoms with Crippen molar-refractivity contribution in [3.8, 4) is 0 Å². The molecule has 0 aromatic rings. The van der Waals surface area contributed by atoms with Gasteiger partial charge < -0.3 is 14.6 Å². The van der Waals surface area contributed by atoms with Crippen molar-refractivity contribution in [2.24, 2.45) is 0 Å². The monoisotopic (exact) mass is 292 g/mol. The van der Waals surface area contributed by atoms with Gasteiger partial charge >= 0.3 is 11.9 Å². The third-order valence-corrected chi connectivity index (χ3v) is 0.898. The minimum absolute atomic E-state index is 0.0412. The van der Waals surface area contributed by atoms with Crippen LogP contribution in [0.25, 0.3) is 0 Å². The van der Waals surface area contributed by atoms with E-state index < -0.39 is 17.9 Å². The molecule has 0 spiro atoms. The maximum Gasteiger partial charge on any atom is 0.310 e. The van der Waals surface area contributed by atoms with Crippen molar-refractivity contribution in [1.82, 2.24) is 0 Å². The van der Waals surface area contributed by atoms with Gasteiger partial charge in [0, 0.05) is 20.8 Å². The summed E-state index contributed by atoms with van der Waals surface area (Å²) in [4.78, 5) is 49.0. The molecule has 0 aliphatic heterocycles. The molecule has 0 atom stereocenters. The number of rotatable bonds is 4. The summed E-state index contributed by atoms with van der Waals surface area (Å²) < 4.78 is 8.63. The number of hydrogen-bond donors (Lipinski definition) is 1. The van der Waals surface area contributed by atoms with Crippen molar-refractivity contribution in [3.05, 3.63) is 0 Å². The Bertz CT molecular complexity index is 315. The number of ketones is 2. The molecular formula is C12H20O8. The average molecular weight is 292 g/mol. The fourth-order valence-corrected chi connectivity index (χ4v) is 0.541. The molecule has 0 fully saturated rings. The highest BCUT2D eigenvalue weighted by Crippen LogP contribution is 1.76. The topological polar surface area (TPSA) is 124 Å². The van der Waals surface area contributed by atoms with Gasteiger partial charge in [-0.05, 0) is 13.8 Å². The third-order valence-electron chi connectivity index (χ3n) is 0.898. The minimum Gasteiger partial charge on any atom is -0.481 e. The third kappa shape index (κ3) is 56.5.